The first kappa shape index (κ1) is 19.2. The number of benzene rings is 2. The van der Waals surface area contributed by atoms with Gasteiger partial charge in [-0.05, 0) is 43.2 Å². The lowest BCUT2D eigenvalue weighted by atomic mass is 10.2. The molecule has 0 heterocycles. The summed E-state index contributed by atoms with van der Waals surface area (Å²) in [5, 5.41) is 0. The van der Waals surface area contributed by atoms with E-state index in [1.807, 2.05) is 42.2 Å². The third-order valence-corrected chi connectivity index (χ3v) is 5.16. The number of carbonyl (C=O) groups is 1. The second-order valence-electron chi connectivity index (χ2n) is 5.65. The van der Waals surface area contributed by atoms with Crippen LogP contribution in [0.3, 0.4) is 0 Å². The Morgan fingerprint density at radius 3 is 2.44 bits per heavy atom. The molecule has 134 valence electrons. The number of ether oxygens (including phenoxy) is 2. The molecule has 0 fully saturated rings. The van der Waals surface area contributed by atoms with Gasteiger partial charge in [0.2, 0.25) is 5.91 Å². The summed E-state index contributed by atoms with van der Waals surface area (Å²) in [5.41, 5.74) is 2.22. The number of hydrogen-bond acceptors (Lipinski definition) is 4. The standard InChI is InChI=1S/C20H25NO3S/c1-5-21(13-16-10-11-17(23-3)18(12-16)24-4)20(22)14-25-19-9-7-6-8-15(19)2/h6-12H,5,13-14H2,1-4H3. The van der Waals surface area contributed by atoms with Crippen LogP contribution in [0.1, 0.15) is 18.1 Å². The summed E-state index contributed by atoms with van der Waals surface area (Å²) in [6, 6.07) is 13.9. The van der Waals surface area contributed by atoms with Crippen LogP contribution in [0.2, 0.25) is 0 Å². The van der Waals surface area contributed by atoms with Crippen LogP contribution in [0.5, 0.6) is 11.5 Å². The fourth-order valence-electron chi connectivity index (χ4n) is 2.52. The molecule has 0 aromatic heterocycles. The van der Waals surface area contributed by atoms with Gasteiger partial charge >= 0.3 is 0 Å². The van der Waals surface area contributed by atoms with Gasteiger partial charge in [0.25, 0.3) is 0 Å². The largest absolute Gasteiger partial charge is 0.493 e. The lowest BCUT2D eigenvalue weighted by Gasteiger charge is -2.21. The van der Waals surface area contributed by atoms with Gasteiger partial charge in [0.05, 0.1) is 20.0 Å². The molecule has 1 amide bonds. The molecule has 0 aliphatic carbocycles. The highest BCUT2D eigenvalue weighted by Crippen LogP contribution is 2.28. The highest BCUT2D eigenvalue weighted by molar-refractivity contribution is 8.00. The van der Waals surface area contributed by atoms with Crippen LogP contribution in [-0.4, -0.2) is 37.3 Å². The smallest absolute Gasteiger partial charge is 0.233 e. The molecule has 0 N–H and O–H groups in total. The molecule has 2 aromatic rings. The maximum Gasteiger partial charge on any atom is 0.233 e. The topological polar surface area (TPSA) is 38.8 Å². The number of nitrogens with zero attached hydrogens (tertiary/aromatic N) is 1. The van der Waals surface area contributed by atoms with E-state index in [2.05, 4.69) is 19.1 Å². The molecule has 5 heteroatoms. The quantitative estimate of drug-likeness (QED) is 0.664. The Morgan fingerprint density at radius 2 is 1.80 bits per heavy atom. The Bertz CT molecular complexity index is 718. The van der Waals surface area contributed by atoms with Gasteiger partial charge in [-0.1, -0.05) is 24.3 Å². The van der Waals surface area contributed by atoms with E-state index in [9.17, 15) is 4.79 Å². The normalized spacial score (nSPS) is 10.4. The highest BCUT2D eigenvalue weighted by atomic mass is 32.2. The average Bonchev–Trinajstić information content (AvgIpc) is 2.64. The van der Waals surface area contributed by atoms with Crippen molar-refractivity contribution < 1.29 is 14.3 Å². The Labute approximate surface area is 154 Å². The van der Waals surface area contributed by atoms with Gasteiger partial charge in [0, 0.05) is 18.0 Å². The fraction of sp³-hybridized carbons (Fsp3) is 0.350. The van der Waals surface area contributed by atoms with Gasteiger partial charge in [-0.15, -0.1) is 11.8 Å². The van der Waals surface area contributed by atoms with E-state index in [-0.39, 0.29) is 5.91 Å². The Balaban J connectivity index is 2.01. The lowest BCUT2D eigenvalue weighted by Crippen LogP contribution is -2.31. The zero-order valence-electron chi connectivity index (χ0n) is 15.2. The predicted molar refractivity (Wildman–Crippen MR) is 103 cm³/mol. The minimum Gasteiger partial charge on any atom is -0.493 e. The summed E-state index contributed by atoms with van der Waals surface area (Å²) in [5.74, 6) is 1.94. The molecule has 2 rings (SSSR count). The summed E-state index contributed by atoms with van der Waals surface area (Å²) < 4.78 is 10.6. The van der Waals surface area contributed by atoms with Crippen molar-refractivity contribution in [3.8, 4) is 11.5 Å². The van der Waals surface area contributed by atoms with Crippen LogP contribution in [0.4, 0.5) is 0 Å². The Morgan fingerprint density at radius 1 is 1.08 bits per heavy atom. The lowest BCUT2D eigenvalue weighted by molar-refractivity contribution is -0.128. The first-order chi connectivity index (χ1) is 12.1. The fourth-order valence-corrected chi connectivity index (χ4v) is 3.46. The number of thioether (sulfide) groups is 1. The molecular formula is C20H25NO3S. The molecule has 0 unspecified atom stereocenters. The maximum atomic E-state index is 12.6. The third kappa shape index (κ3) is 5.16. The van der Waals surface area contributed by atoms with E-state index in [1.165, 1.54) is 5.56 Å². The van der Waals surface area contributed by atoms with Crippen LogP contribution < -0.4 is 9.47 Å². The second-order valence-corrected chi connectivity index (χ2v) is 6.67. The molecule has 0 atom stereocenters. The summed E-state index contributed by atoms with van der Waals surface area (Å²) in [6.45, 7) is 5.29. The number of rotatable bonds is 8. The molecule has 0 saturated carbocycles. The van der Waals surface area contributed by atoms with E-state index in [4.69, 9.17) is 9.47 Å². The Kier molecular flexibility index (Phi) is 7.19. The van der Waals surface area contributed by atoms with Crippen LogP contribution in [0.15, 0.2) is 47.4 Å². The maximum absolute atomic E-state index is 12.6. The third-order valence-electron chi connectivity index (χ3n) is 4.00. The van der Waals surface area contributed by atoms with E-state index >= 15 is 0 Å². The van der Waals surface area contributed by atoms with Crippen LogP contribution in [0.25, 0.3) is 0 Å². The number of aryl methyl sites for hydroxylation is 1. The van der Waals surface area contributed by atoms with Crippen LogP contribution >= 0.6 is 11.8 Å². The minimum absolute atomic E-state index is 0.130. The number of carbonyl (C=O) groups excluding carboxylic acids is 1. The molecule has 25 heavy (non-hydrogen) atoms. The minimum atomic E-state index is 0.130. The van der Waals surface area contributed by atoms with E-state index in [1.54, 1.807) is 26.0 Å². The first-order valence-corrected chi connectivity index (χ1v) is 9.24. The van der Waals surface area contributed by atoms with E-state index in [0.29, 0.717) is 30.3 Å². The predicted octanol–water partition coefficient (Wildman–Crippen LogP) is 4.15. The van der Waals surface area contributed by atoms with Crippen molar-refractivity contribution in [2.24, 2.45) is 0 Å². The zero-order valence-corrected chi connectivity index (χ0v) is 16.1. The number of methoxy groups -OCH3 is 2. The van der Waals surface area contributed by atoms with E-state index in [0.717, 1.165) is 10.5 Å². The van der Waals surface area contributed by atoms with Gasteiger partial charge in [0.1, 0.15) is 0 Å². The van der Waals surface area contributed by atoms with Gasteiger partial charge in [-0.2, -0.15) is 0 Å². The van der Waals surface area contributed by atoms with Gasteiger partial charge < -0.3 is 14.4 Å². The van der Waals surface area contributed by atoms with Crippen molar-refractivity contribution in [1.29, 1.82) is 0 Å². The van der Waals surface area contributed by atoms with E-state index < -0.39 is 0 Å². The molecule has 4 nitrogen and oxygen atoms in total. The average molecular weight is 359 g/mol. The van der Waals surface area contributed by atoms with Crippen molar-refractivity contribution in [3.63, 3.8) is 0 Å². The number of hydrogen-bond donors (Lipinski definition) is 0. The SMILES string of the molecule is CCN(Cc1ccc(OC)c(OC)c1)C(=O)CSc1ccccc1C. The van der Waals surface area contributed by atoms with Crippen LogP contribution in [0, 0.1) is 6.92 Å². The first-order valence-electron chi connectivity index (χ1n) is 8.26. The van der Waals surface area contributed by atoms with Crippen molar-refractivity contribution in [2.45, 2.75) is 25.3 Å². The van der Waals surface area contributed by atoms with Gasteiger partial charge in [-0.25, -0.2) is 0 Å². The molecule has 0 spiro atoms. The van der Waals surface area contributed by atoms with Gasteiger partial charge in [-0.3, -0.25) is 4.79 Å². The highest BCUT2D eigenvalue weighted by Gasteiger charge is 2.14. The number of amides is 1. The molecule has 2 aromatic carbocycles. The van der Waals surface area contributed by atoms with Crippen molar-refractivity contribution >= 4 is 17.7 Å². The van der Waals surface area contributed by atoms with Crippen molar-refractivity contribution in [3.05, 3.63) is 53.6 Å². The molecule has 0 aliphatic heterocycles. The summed E-state index contributed by atoms with van der Waals surface area (Å²) in [6.07, 6.45) is 0. The van der Waals surface area contributed by atoms with Crippen LogP contribution in [-0.2, 0) is 11.3 Å². The molecule has 0 bridgehead atoms. The second kappa shape index (κ2) is 9.37. The zero-order chi connectivity index (χ0) is 18.2. The van der Waals surface area contributed by atoms with Gasteiger partial charge in [0.15, 0.2) is 11.5 Å². The summed E-state index contributed by atoms with van der Waals surface area (Å²) in [4.78, 5) is 15.6. The molecule has 0 saturated heterocycles. The molecular weight excluding hydrogens is 334 g/mol. The molecule has 0 radical (unpaired) electrons. The monoisotopic (exact) mass is 359 g/mol. The summed E-state index contributed by atoms with van der Waals surface area (Å²) >= 11 is 1.59. The van der Waals surface area contributed by atoms with Crippen molar-refractivity contribution in [1.82, 2.24) is 4.90 Å². The summed E-state index contributed by atoms with van der Waals surface area (Å²) in [7, 11) is 3.23. The molecule has 0 aliphatic rings. The Hall–Kier alpha value is -2.14. The van der Waals surface area contributed by atoms with Crippen molar-refractivity contribution in [2.75, 3.05) is 26.5 Å².